The predicted octanol–water partition coefficient (Wildman–Crippen LogP) is 2.82. The van der Waals surface area contributed by atoms with Gasteiger partial charge in [-0.15, -0.1) is 0 Å². The number of aryl methyl sites for hydroxylation is 1. The van der Waals surface area contributed by atoms with E-state index in [-0.39, 0.29) is 28.6 Å². The third kappa shape index (κ3) is 4.32. The van der Waals surface area contributed by atoms with Crippen molar-refractivity contribution in [2.75, 3.05) is 19.7 Å². The summed E-state index contributed by atoms with van der Waals surface area (Å²) in [6.45, 7) is 8.47. The van der Waals surface area contributed by atoms with Crippen LogP contribution in [0.5, 0.6) is 0 Å². The van der Waals surface area contributed by atoms with E-state index in [0.717, 1.165) is 12.8 Å². The van der Waals surface area contributed by atoms with Crippen LogP contribution in [0.1, 0.15) is 50.4 Å². The minimum absolute atomic E-state index is 0.0952. The van der Waals surface area contributed by atoms with Gasteiger partial charge in [-0.2, -0.15) is 0 Å². The number of piperidine rings is 1. The zero-order valence-corrected chi connectivity index (χ0v) is 19.0. The molecule has 0 atom stereocenters. The molecule has 1 fully saturated rings. The molecule has 0 aliphatic carbocycles. The Hall–Kier alpha value is -3.00. The minimum atomic E-state index is -0.237. The highest BCUT2D eigenvalue weighted by molar-refractivity contribution is 5.96. The monoisotopic (exact) mass is 437 g/mol. The van der Waals surface area contributed by atoms with Crippen molar-refractivity contribution in [2.45, 2.75) is 52.7 Å². The summed E-state index contributed by atoms with van der Waals surface area (Å²) in [6.07, 6.45) is 4.35. The van der Waals surface area contributed by atoms with Gasteiger partial charge in [0.2, 0.25) is 0 Å². The number of ether oxygens (including phenoxy) is 1. The van der Waals surface area contributed by atoms with Gasteiger partial charge >= 0.3 is 0 Å². The fourth-order valence-corrected chi connectivity index (χ4v) is 4.19. The van der Waals surface area contributed by atoms with Crippen molar-refractivity contribution in [1.29, 1.82) is 5.41 Å². The van der Waals surface area contributed by atoms with E-state index < -0.39 is 0 Å². The quantitative estimate of drug-likeness (QED) is 0.474. The van der Waals surface area contributed by atoms with E-state index in [1.165, 1.54) is 4.40 Å². The molecule has 8 nitrogen and oxygen atoms in total. The van der Waals surface area contributed by atoms with Crippen molar-refractivity contribution in [3.8, 4) is 0 Å². The Morgan fingerprint density at radius 2 is 2.03 bits per heavy atom. The number of pyridine rings is 2. The largest absolute Gasteiger partial charge is 0.379 e. The number of carbonyl (C=O) groups is 1. The molecular weight excluding hydrogens is 406 g/mol. The highest BCUT2D eigenvalue weighted by Gasteiger charge is 2.25. The Labute approximate surface area is 187 Å². The second-order valence-corrected chi connectivity index (χ2v) is 8.89. The van der Waals surface area contributed by atoms with Gasteiger partial charge in [0, 0.05) is 32.4 Å². The van der Waals surface area contributed by atoms with Crippen LogP contribution < -0.4 is 11.0 Å². The van der Waals surface area contributed by atoms with Crippen molar-refractivity contribution in [3.05, 3.63) is 51.9 Å². The molecule has 1 amide bonds. The fourth-order valence-electron chi connectivity index (χ4n) is 4.19. The number of nitrogens with one attached hydrogen (secondary N) is 1. The molecule has 8 heteroatoms. The molecule has 1 N–H and O–H groups in total. The number of likely N-dealkylation sites (tertiary alicyclic amines) is 1. The van der Waals surface area contributed by atoms with E-state index in [0.29, 0.717) is 55.3 Å². The molecule has 170 valence electrons. The van der Waals surface area contributed by atoms with Gasteiger partial charge in [-0.3, -0.25) is 19.4 Å². The van der Waals surface area contributed by atoms with Gasteiger partial charge in [-0.25, -0.2) is 4.98 Å². The molecule has 0 unspecified atom stereocenters. The highest BCUT2D eigenvalue weighted by Crippen LogP contribution is 2.18. The van der Waals surface area contributed by atoms with Crippen LogP contribution in [0.3, 0.4) is 0 Å². The Kier molecular flexibility index (Phi) is 6.41. The molecule has 0 bridgehead atoms. The van der Waals surface area contributed by atoms with E-state index in [9.17, 15) is 9.59 Å². The first-order valence-electron chi connectivity index (χ1n) is 11.4. The molecule has 0 aromatic carbocycles. The molecule has 0 spiro atoms. The predicted molar refractivity (Wildman–Crippen MR) is 123 cm³/mol. The highest BCUT2D eigenvalue weighted by atomic mass is 16.5. The Morgan fingerprint density at radius 1 is 1.28 bits per heavy atom. The average Bonchev–Trinajstić information content (AvgIpc) is 2.78. The number of aromatic nitrogens is 3. The van der Waals surface area contributed by atoms with Crippen molar-refractivity contribution < 1.29 is 9.53 Å². The topological polar surface area (TPSA) is 92.7 Å². The van der Waals surface area contributed by atoms with Crippen LogP contribution in [-0.4, -0.2) is 50.6 Å². The summed E-state index contributed by atoms with van der Waals surface area (Å²) in [6, 6.07) is 6.93. The molecule has 3 aromatic rings. The number of hydrogen-bond acceptors (Lipinski definition) is 5. The molecule has 3 aromatic heterocycles. The standard InChI is InChI=1S/C24H31N5O3/c1-16(2)32-14-6-11-29-21(25)18(23(30)27-12-8-17(3)9-13-27)15-19-22(29)26-20-7-4-5-10-28(20)24(19)31/h4-5,7,10,15-17,25H,6,8-9,11-14H2,1-3H3. The number of hydrogen-bond donors (Lipinski definition) is 1. The summed E-state index contributed by atoms with van der Waals surface area (Å²) in [7, 11) is 0. The summed E-state index contributed by atoms with van der Waals surface area (Å²) in [5.74, 6) is 0.408. The van der Waals surface area contributed by atoms with Crippen molar-refractivity contribution >= 4 is 22.6 Å². The molecule has 1 saturated heterocycles. The molecule has 4 heterocycles. The van der Waals surface area contributed by atoms with E-state index >= 15 is 0 Å². The van der Waals surface area contributed by atoms with Gasteiger partial charge in [-0.1, -0.05) is 13.0 Å². The maximum absolute atomic E-state index is 13.4. The van der Waals surface area contributed by atoms with E-state index in [4.69, 9.17) is 10.1 Å². The van der Waals surface area contributed by atoms with Gasteiger partial charge < -0.3 is 14.2 Å². The van der Waals surface area contributed by atoms with Crippen LogP contribution in [-0.2, 0) is 11.3 Å². The first kappa shape index (κ1) is 22.2. The summed E-state index contributed by atoms with van der Waals surface area (Å²) in [5.41, 5.74) is 1.06. The second kappa shape index (κ2) is 9.24. The number of amides is 1. The third-order valence-electron chi connectivity index (χ3n) is 6.10. The molecule has 0 radical (unpaired) electrons. The zero-order valence-electron chi connectivity index (χ0n) is 19.0. The first-order valence-corrected chi connectivity index (χ1v) is 11.4. The van der Waals surface area contributed by atoms with E-state index in [2.05, 4.69) is 11.9 Å². The van der Waals surface area contributed by atoms with E-state index in [1.807, 2.05) is 19.9 Å². The Balaban J connectivity index is 1.83. The van der Waals surface area contributed by atoms with Gasteiger partial charge in [0.15, 0.2) is 0 Å². The average molecular weight is 438 g/mol. The number of nitrogens with zero attached hydrogens (tertiary/aromatic N) is 4. The molecule has 0 saturated carbocycles. The minimum Gasteiger partial charge on any atom is -0.379 e. The van der Waals surface area contributed by atoms with Crippen LogP contribution in [0, 0.1) is 11.3 Å². The van der Waals surface area contributed by atoms with Crippen LogP contribution in [0.4, 0.5) is 0 Å². The first-order chi connectivity index (χ1) is 15.4. The zero-order chi connectivity index (χ0) is 22.8. The summed E-state index contributed by atoms with van der Waals surface area (Å²) < 4.78 is 8.83. The Morgan fingerprint density at radius 3 is 2.75 bits per heavy atom. The van der Waals surface area contributed by atoms with E-state index in [1.54, 1.807) is 33.9 Å². The maximum atomic E-state index is 13.4. The van der Waals surface area contributed by atoms with Gasteiger partial charge in [0.25, 0.3) is 11.5 Å². The number of rotatable bonds is 6. The van der Waals surface area contributed by atoms with Crippen LogP contribution in [0.15, 0.2) is 35.3 Å². The van der Waals surface area contributed by atoms with Crippen LogP contribution in [0.25, 0.3) is 16.7 Å². The molecule has 32 heavy (non-hydrogen) atoms. The lowest BCUT2D eigenvalue weighted by molar-refractivity contribution is 0.0693. The second-order valence-electron chi connectivity index (χ2n) is 8.89. The lowest BCUT2D eigenvalue weighted by Gasteiger charge is -2.30. The summed E-state index contributed by atoms with van der Waals surface area (Å²) in [4.78, 5) is 33.1. The smallest absolute Gasteiger partial charge is 0.267 e. The maximum Gasteiger partial charge on any atom is 0.267 e. The van der Waals surface area contributed by atoms with Gasteiger partial charge in [0.1, 0.15) is 16.8 Å². The Bertz CT molecular complexity index is 1250. The van der Waals surface area contributed by atoms with Crippen molar-refractivity contribution in [1.82, 2.24) is 18.9 Å². The molecule has 1 aliphatic heterocycles. The summed E-state index contributed by atoms with van der Waals surface area (Å²) >= 11 is 0. The van der Waals surface area contributed by atoms with Gasteiger partial charge in [-0.05, 0) is 57.2 Å². The molecular formula is C24H31N5O3. The lowest BCUT2D eigenvalue weighted by Crippen LogP contribution is -2.41. The number of fused-ring (bicyclic) bond motifs is 2. The van der Waals surface area contributed by atoms with Crippen LogP contribution in [0.2, 0.25) is 0 Å². The third-order valence-corrected chi connectivity index (χ3v) is 6.10. The SMILES string of the molecule is CC1CCN(C(=O)c2cc3c(=O)n4ccccc4nc3n(CCCOC(C)C)c2=N)CC1. The summed E-state index contributed by atoms with van der Waals surface area (Å²) in [5, 5.41) is 9.19. The normalized spacial score (nSPS) is 15.2. The van der Waals surface area contributed by atoms with Crippen molar-refractivity contribution in [3.63, 3.8) is 0 Å². The lowest BCUT2D eigenvalue weighted by atomic mass is 9.98. The van der Waals surface area contributed by atoms with Crippen LogP contribution >= 0.6 is 0 Å². The van der Waals surface area contributed by atoms with Crippen molar-refractivity contribution in [2.24, 2.45) is 5.92 Å². The fraction of sp³-hybridized carbons (Fsp3) is 0.500. The molecule has 1 aliphatic rings. The number of carbonyl (C=O) groups excluding carboxylic acids is 1. The molecule has 4 rings (SSSR count). The van der Waals surface area contributed by atoms with Gasteiger partial charge in [0.05, 0.1) is 17.1 Å².